The Labute approximate surface area is 302 Å². The van der Waals surface area contributed by atoms with E-state index in [1.165, 1.54) is 5.56 Å². The van der Waals surface area contributed by atoms with Crippen molar-refractivity contribution in [3.05, 3.63) is 120 Å². The summed E-state index contributed by atoms with van der Waals surface area (Å²) in [5.74, 6) is 0.978. The van der Waals surface area contributed by atoms with Crippen molar-refractivity contribution in [3.63, 3.8) is 0 Å². The first kappa shape index (κ1) is 34.2. The van der Waals surface area contributed by atoms with Crippen LogP contribution in [0.25, 0.3) is 66.8 Å². The number of aromatic hydroxyl groups is 1. The number of benzene rings is 4. The predicted octanol–water partition coefficient (Wildman–Crippen LogP) is 12.0. The van der Waals surface area contributed by atoms with Gasteiger partial charge in [0.25, 0.3) is 0 Å². The maximum absolute atomic E-state index is 11.3. The van der Waals surface area contributed by atoms with Crippen LogP contribution in [0.5, 0.6) is 5.75 Å². The van der Waals surface area contributed by atoms with E-state index in [-0.39, 0.29) is 22.1 Å². The number of imidazole rings is 1. The molecule has 3 aromatic heterocycles. The highest BCUT2D eigenvalue weighted by Crippen LogP contribution is 2.43. The molecule has 0 aliphatic carbocycles. The summed E-state index contributed by atoms with van der Waals surface area (Å²) in [5.41, 5.74) is 12.9. The minimum absolute atomic E-state index is 0.0463. The second kappa shape index (κ2) is 12.2. The van der Waals surface area contributed by atoms with Gasteiger partial charge in [0, 0.05) is 40.0 Å². The van der Waals surface area contributed by atoms with Gasteiger partial charge in [-0.05, 0) is 127 Å². The lowest BCUT2D eigenvalue weighted by atomic mass is 9.83. The summed E-state index contributed by atoms with van der Waals surface area (Å²) in [6.07, 6.45) is 3.72. The van der Waals surface area contributed by atoms with E-state index in [1.54, 1.807) is 0 Å². The third-order valence-corrected chi connectivity index (χ3v) is 9.87. The molecule has 3 heterocycles. The molecule has 5 nitrogen and oxygen atoms in total. The lowest BCUT2D eigenvalue weighted by Crippen LogP contribution is -2.23. The smallest absolute Gasteiger partial charge is 0.145 e. The van der Waals surface area contributed by atoms with Gasteiger partial charge in [0.05, 0.1) is 27.8 Å². The zero-order valence-electron chi connectivity index (χ0n) is 31.6. The fourth-order valence-corrected chi connectivity index (χ4v) is 7.05. The number of phenolic OH excluding ortho intramolecular Hbond substituents is 1. The van der Waals surface area contributed by atoms with Gasteiger partial charge in [-0.2, -0.15) is 0 Å². The van der Waals surface area contributed by atoms with Crippen molar-refractivity contribution < 1.29 is 5.11 Å². The molecule has 1 N–H and O–H groups in total. The Bertz CT molecular complexity index is 2430. The van der Waals surface area contributed by atoms with Gasteiger partial charge in [-0.3, -0.25) is 9.97 Å². The number of pyridine rings is 2. The van der Waals surface area contributed by atoms with Gasteiger partial charge in [-0.25, -0.2) is 4.98 Å². The molecule has 51 heavy (non-hydrogen) atoms. The van der Waals surface area contributed by atoms with Crippen molar-refractivity contribution in [1.82, 2.24) is 19.5 Å². The molecule has 4 aromatic carbocycles. The highest BCUT2D eigenvalue weighted by atomic mass is 16.3. The van der Waals surface area contributed by atoms with Gasteiger partial charge in [-0.1, -0.05) is 71.9 Å². The average molecular weight is 673 g/mol. The quantitative estimate of drug-likeness (QED) is 0.202. The first-order valence-corrected chi connectivity index (χ1v) is 17.8. The molecule has 7 aromatic rings. The number of fused-ring (bicyclic) bond motifs is 2. The van der Waals surface area contributed by atoms with Gasteiger partial charge in [0.1, 0.15) is 11.6 Å². The molecule has 5 heteroatoms. The molecule has 0 aliphatic heterocycles. The maximum Gasteiger partial charge on any atom is 0.145 e. The first-order valence-electron chi connectivity index (χ1n) is 17.8. The Kier molecular flexibility index (Phi) is 8.17. The summed E-state index contributed by atoms with van der Waals surface area (Å²) in [5, 5.41) is 12.5. The number of nitrogens with zero attached hydrogens (tertiary/aromatic N) is 4. The molecule has 0 aliphatic rings. The van der Waals surface area contributed by atoms with Gasteiger partial charge < -0.3 is 9.67 Å². The van der Waals surface area contributed by atoms with E-state index in [1.807, 2.05) is 42.7 Å². The predicted molar refractivity (Wildman–Crippen MR) is 213 cm³/mol. The minimum Gasteiger partial charge on any atom is -0.507 e. The molecular formula is C46H48N4O. The second-order valence-electron chi connectivity index (χ2n) is 16.9. The third-order valence-electron chi connectivity index (χ3n) is 9.87. The molecule has 0 unspecified atom stereocenters. The molecule has 0 fully saturated rings. The van der Waals surface area contributed by atoms with Crippen LogP contribution in [0.15, 0.2) is 103 Å². The zero-order valence-corrected chi connectivity index (χ0v) is 31.6. The summed E-state index contributed by atoms with van der Waals surface area (Å²) >= 11 is 0. The number of phenols is 1. The fourth-order valence-electron chi connectivity index (χ4n) is 7.05. The Hall–Kier alpha value is -5.29. The molecule has 7 rings (SSSR count). The van der Waals surface area contributed by atoms with Crippen molar-refractivity contribution in [1.29, 1.82) is 0 Å². The highest BCUT2D eigenvalue weighted by molar-refractivity contribution is 6.00. The van der Waals surface area contributed by atoms with E-state index in [0.29, 0.717) is 0 Å². The second-order valence-corrected chi connectivity index (χ2v) is 16.9. The number of aryl methyl sites for hydroxylation is 1. The van der Waals surface area contributed by atoms with Crippen LogP contribution in [0, 0.1) is 6.92 Å². The number of rotatable bonds is 4. The molecular weight excluding hydrogens is 625 g/mol. The SMILES string of the molecule is Cc1ccc(-c2cc(-c3ccccn3)cc(-c3cc(C(C)(C)C)cc4cccnc34)c2)c2nc(-c3cc(C(C)(C)C)ccc3O)n(C(C)(C)C)c12. The number of aromatic nitrogens is 4. The van der Waals surface area contributed by atoms with Crippen LogP contribution in [0.2, 0.25) is 0 Å². The van der Waals surface area contributed by atoms with E-state index in [9.17, 15) is 5.11 Å². The van der Waals surface area contributed by atoms with E-state index in [4.69, 9.17) is 15.0 Å². The standard InChI is InChI=1S/C46H48N4O/c1-28-16-18-35(41-42(28)50(46(8,9)10)43(49-41)37-26-33(44(2,3)4)17-19-39(37)51)30-22-31(24-32(23-30)38-15-11-12-20-47-38)36-27-34(45(5,6)7)25-29-14-13-21-48-40(29)36/h11-27,51H,1-10H3. The Morgan fingerprint density at radius 1 is 0.569 bits per heavy atom. The molecule has 0 radical (unpaired) electrons. The maximum atomic E-state index is 11.3. The Morgan fingerprint density at radius 3 is 1.90 bits per heavy atom. The van der Waals surface area contributed by atoms with Crippen molar-refractivity contribution in [2.24, 2.45) is 0 Å². The van der Waals surface area contributed by atoms with Crippen molar-refractivity contribution in [2.45, 2.75) is 85.6 Å². The topological polar surface area (TPSA) is 63.8 Å². The largest absolute Gasteiger partial charge is 0.507 e. The van der Waals surface area contributed by atoms with Crippen LogP contribution in [0.1, 0.15) is 79.0 Å². The van der Waals surface area contributed by atoms with E-state index in [0.717, 1.165) is 78.0 Å². The lowest BCUT2D eigenvalue weighted by molar-refractivity contribution is 0.411. The van der Waals surface area contributed by atoms with E-state index < -0.39 is 0 Å². The van der Waals surface area contributed by atoms with Crippen LogP contribution in [0.3, 0.4) is 0 Å². The van der Waals surface area contributed by atoms with Crippen molar-refractivity contribution in [3.8, 4) is 50.6 Å². The average Bonchev–Trinajstić information content (AvgIpc) is 3.50. The summed E-state index contributed by atoms with van der Waals surface area (Å²) in [7, 11) is 0. The van der Waals surface area contributed by atoms with Crippen LogP contribution in [-0.2, 0) is 16.4 Å². The van der Waals surface area contributed by atoms with Crippen molar-refractivity contribution >= 4 is 21.9 Å². The normalized spacial score (nSPS) is 12.6. The summed E-state index contributed by atoms with van der Waals surface area (Å²) < 4.78 is 2.30. The summed E-state index contributed by atoms with van der Waals surface area (Å²) in [4.78, 5) is 15.1. The highest BCUT2D eigenvalue weighted by Gasteiger charge is 2.28. The van der Waals surface area contributed by atoms with Gasteiger partial charge in [-0.15, -0.1) is 0 Å². The zero-order chi connectivity index (χ0) is 36.5. The summed E-state index contributed by atoms with van der Waals surface area (Å²) in [6.45, 7) is 22.1. The van der Waals surface area contributed by atoms with Crippen LogP contribution in [-0.4, -0.2) is 24.6 Å². The van der Waals surface area contributed by atoms with Crippen molar-refractivity contribution in [2.75, 3.05) is 0 Å². The first-order chi connectivity index (χ1) is 24.0. The minimum atomic E-state index is -0.323. The number of hydrogen-bond acceptors (Lipinski definition) is 4. The molecule has 0 atom stereocenters. The molecule has 0 amide bonds. The van der Waals surface area contributed by atoms with Crippen LogP contribution >= 0.6 is 0 Å². The molecule has 0 saturated heterocycles. The molecule has 0 spiro atoms. The Morgan fingerprint density at radius 2 is 1.24 bits per heavy atom. The van der Waals surface area contributed by atoms with Gasteiger partial charge in [0.15, 0.2) is 0 Å². The molecule has 0 bridgehead atoms. The van der Waals surface area contributed by atoms with Gasteiger partial charge in [0.2, 0.25) is 0 Å². The Balaban J connectivity index is 1.56. The number of hydrogen-bond donors (Lipinski definition) is 1. The van der Waals surface area contributed by atoms with Crippen LogP contribution in [0.4, 0.5) is 0 Å². The molecule has 0 saturated carbocycles. The fraction of sp³-hybridized carbons (Fsp3) is 0.283. The van der Waals surface area contributed by atoms with E-state index >= 15 is 0 Å². The monoisotopic (exact) mass is 672 g/mol. The van der Waals surface area contributed by atoms with Crippen LogP contribution < -0.4 is 0 Å². The third kappa shape index (κ3) is 6.31. The van der Waals surface area contributed by atoms with E-state index in [2.05, 4.69) is 134 Å². The lowest BCUT2D eigenvalue weighted by Gasteiger charge is -2.26. The van der Waals surface area contributed by atoms with Gasteiger partial charge >= 0.3 is 0 Å². The molecule has 258 valence electrons. The summed E-state index contributed by atoms with van der Waals surface area (Å²) in [6, 6.07) is 31.8.